The van der Waals surface area contributed by atoms with Gasteiger partial charge in [-0.15, -0.1) is 11.3 Å². The number of rotatable bonds is 0. The molecule has 1 aliphatic rings. The van der Waals surface area contributed by atoms with Crippen LogP contribution in [0.5, 0.6) is 0 Å². The van der Waals surface area contributed by atoms with Gasteiger partial charge in [0.2, 0.25) is 0 Å². The number of thiocarbonyl (C=S) groups is 1. The Bertz CT molecular complexity index is 562. The standard InChI is InChI=1S/C11H9N3S2/c1-14-9-6-16-5-7(9)11(15)13-8-3-2-4-12-10(8)14/h2-6H,1H3,(H,13,15). The average Bonchev–Trinajstić information content (AvgIpc) is 2.74. The van der Waals surface area contributed by atoms with Gasteiger partial charge in [0.05, 0.1) is 11.4 Å². The van der Waals surface area contributed by atoms with Crippen molar-refractivity contribution in [2.24, 2.45) is 0 Å². The molecule has 0 saturated heterocycles. The van der Waals surface area contributed by atoms with Crippen molar-refractivity contribution in [3.63, 3.8) is 0 Å². The average molecular weight is 247 g/mol. The lowest BCUT2D eigenvalue weighted by molar-refractivity contribution is 1.14. The molecule has 0 unspecified atom stereocenters. The van der Waals surface area contributed by atoms with E-state index in [0.29, 0.717) is 0 Å². The zero-order valence-electron chi connectivity index (χ0n) is 8.60. The molecular weight excluding hydrogens is 238 g/mol. The number of thiophene rings is 1. The van der Waals surface area contributed by atoms with Crippen LogP contribution in [0.2, 0.25) is 0 Å². The molecule has 1 aliphatic heterocycles. The number of pyridine rings is 1. The molecule has 0 fully saturated rings. The third-order valence-electron chi connectivity index (χ3n) is 2.60. The summed E-state index contributed by atoms with van der Waals surface area (Å²) in [5, 5.41) is 7.38. The number of nitrogens with one attached hydrogen (secondary N) is 1. The van der Waals surface area contributed by atoms with E-state index in [2.05, 4.69) is 26.0 Å². The number of fused-ring (bicyclic) bond motifs is 2. The fourth-order valence-corrected chi connectivity index (χ4v) is 2.99. The van der Waals surface area contributed by atoms with E-state index < -0.39 is 0 Å². The van der Waals surface area contributed by atoms with Gasteiger partial charge in [0.25, 0.3) is 0 Å². The van der Waals surface area contributed by atoms with Crippen LogP contribution in [0.4, 0.5) is 17.2 Å². The van der Waals surface area contributed by atoms with Crippen LogP contribution in [0.3, 0.4) is 0 Å². The SMILES string of the molecule is CN1c2cscc2C(=S)Nc2cccnc21. The van der Waals surface area contributed by atoms with E-state index in [0.717, 1.165) is 27.7 Å². The highest BCUT2D eigenvalue weighted by molar-refractivity contribution is 7.81. The van der Waals surface area contributed by atoms with Gasteiger partial charge in [-0.1, -0.05) is 12.2 Å². The predicted octanol–water partition coefficient (Wildman–Crippen LogP) is 3.01. The van der Waals surface area contributed by atoms with Crippen molar-refractivity contribution in [3.8, 4) is 0 Å². The van der Waals surface area contributed by atoms with Crippen molar-refractivity contribution in [2.75, 3.05) is 17.3 Å². The van der Waals surface area contributed by atoms with Crippen LogP contribution in [0.25, 0.3) is 0 Å². The Morgan fingerprint density at radius 2 is 2.31 bits per heavy atom. The fraction of sp³-hybridized carbons (Fsp3) is 0.0909. The molecule has 0 aromatic carbocycles. The number of aromatic nitrogens is 1. The summed E-state index contributed by atoms with van der Waals surface area (Å²) in [4.78, 5) is 7.20. The molecule has 3 heterocycles. The Hall–Kier alpha value is -1.46. The molecule has 3 nitrogen and oxygen atoms in total. The van der Waals surface area contributed by atoms with Crippen LogP contribution in [-0.2, 0) is 0 Å². The summed E-state index contributed by atoms with van der Waals surface area (Å²) >= 11 is 7.02. The first-order valence-corrected chi connectivity index (χ1v) is 6.19. The first kappa shape index (κ1) is 9.74. The molecule has 0 atom stereocenters. The number of nitrogens with zero attached hydrogens (tertiary/aromatic N) is 2. The van der Waals surface area contributed by atoms with Crippen LogP contribution >= 0.6 is 23.6 Å². The van der Waals surface area contributed by atoms with Gasteiger partial charge in [-0.05, 0) is 12.1 Å². The van der Waals surface area contributed by atoms with E-state index >= 15 is 0 Å². The van der Waals surface area contributed by atoms with Crippen LogP contribution in [0.15, 0.2) is 29.1 Å². The van der Waals surface area contributed by atoms with Crippen LogP contribution < -0.4 is 10.2 Å². The highest BCUT2D eigenvalue weighted by atomic mass is 32.1. The lowest BCUT2D eigenvalue weighted by Crippen LogP contribution is -2.10. The normalized spacial score (nSPS) is 13.8. The molecule has 0 amide bonds. The summed E-state index contributed by atoms with van der Waals surface area (Å²) in [6, 6.07) is 3.89. The molecule has 16 heavy (non-hydrogen) atoms. The van der Waals surface area contributed by atoms with Crippen molar-refractivity contribution < 1.29 is 0 Å². The first-order chi connectivity index (χ1) is 7.77. The van der Waals surface area contributed by atoms with E-state index in [9.17, 15) is 0 Å². The van der Waals surface area contributed by atoms with Crippen molar-refractivity contribution in [3.05, 3.63) is 34.7 Å². The Labute approximate surface area is 103 Å². The quantitative estimate of drug-likeness (QED) is 0.724. The van der Waals surface area contributed by atoms with Crippen molar-refractivity contribution in [2.45, 2.75) is 0 Å². The van der Waals surface area contributed by atoms with Gasteiger partial charge in [-0.25, -0.2) is 4.98 Å². The second-order valence-electron chi connectivity index (χ2n) is 3.56. The van der Waals surface area contributed by atoms with Gasteiger partial charge in [-0.3, -0.25) is 0 Å². The molecule has 0 saturated carbocycles. The van der Waals surface area contributed by atoms with E-state index in [-0.39, 0.29) is 0 Å². The maximum atomic E-state index is 5.37. The number of anilines is 3. The summed E-state index contributed by atoms with van der Waals surface area (Å²) in [7, 11) is 2.01. The lowest BCUT2D eigenvalue weighted by Gasteiger charge is -2.17. The van der Waals surface area contributed by atoms with E-state index in [1.54, 1.807) is 17.5 Å². The van der Waals surface area contributed by atoms with Gasteiger partial charge in [0.15, 0.2) is 5.82 Å². The van der Waals surface area contributed by atoms with Crippen molar-refractivity contribution in [1.82, 2.24) is 4.98 Å². The van der Waals surface area contributed by atoms with E-state index in [1.807, 2.05) is 19.2 Å². The molecule has 0 radical (unpaired) electrons. The zero-order valence-corrected chi connectivity index (χ0v) is 10.2. The summed E-state index contributed by atoms with van der Waals surface area (Å²) in [5.41, 5.74) is 3.14. The van der Waals surface area contributed by atoms with Crippen molar-refractivity contribution in [1.29, 1.82) is 0 Å². The Kier molecular flexibility index (Phi) is 2.15. The van der Waals surface area contributed by atoms with Gasteiger partial charge in [-0.2, -0.15) is 0 Å². The highest BCUT2D eigenvalue weighted by Gasteiger charge is 2.21. The van der Waals surface area contributed by atoms with Gasteiger partial charge < -0.3 is 10.2 Å². The minimum atomic E-state index is 0.759. The van der Waals surface area contributed by atoms with Gasteiger partial charge in [0, 0.05) is 29.6 Å². The molecule has 1 N–H and O–H groups in total. The topological polar surface area (TPSA) is 28.2 Å². The number of hydrogen-bond acceptors (Lipinski definition) is 4. The molecule has 3 rings (SSSR count). The summed E-state index contributed by atoms with van der Waals surface area (Å²) in [6.07, 6.45) is 1.79. The zero-order chi connectivity index (χ0) is 11.1. The fourth-order valence-electron chi connectivity index (χ4n) is 1.79. The summed E-state index contributed by atoms with van der Waals surface area (Å²) in [6.45, 7) is 0. The van der Waals surface area contributed by atoms with Crippen LogP contribution in [0, 0.1) is 0 Å². The lowest BCUT2D eigenvalue weighted by atomic mass is 10.3. The second-order valence-corrected chi connectivity index (χ2v) is 4.71. The van der Waals surface area contributed by atoms with Crippen molar-refractivity contribution >= 4 is 45.7 Å². The Morgan fingerprint density at radius 1 is 1.44 bits per heavy atom. The molecule has 80 valence electrons. The van der Waals surface area contributed by atoms with Crippen LogP contribution in [0.1, 0.15) is 5.56 Å². The molecule has 2 aromatic heterocycles. The molecule has 0 aliphatic carbocycles. The second kappa shape index (κ2) is 3.54. The van der Waals surface area contributed by atoms with Crippen LogP contribution in [-0.4, -0.2) is 17.0 Å². The summed E-state index contributed by atoms with van der Waals surface area (Å²) < 4.78 is 0. The molecule has 5 heteroatoms. The van der Waals surface area contributed by atoms with E-state index in [4.69, 9.17) is 12.2 Å². The molecular formula is C11H9N3S2. The monoisotopic (exact) mass is 247 g/mol. The van der Waals surface area contributed by atoms with Gasteiger partial charge >= 0.3 is 0 Å². The Balaban J connectivity index is 2.25. The highest BCUT2D eigenvalue weighted by Crippen LogP contribution is 2.36. The van der Waals surface area contributed by atoms with Gasteiger partial charge in [0.1, 0.15) is 4.99 Å². The summed E-state index contributed by atoms with van der Waals surface area (Å²) in [5.74, 6) is 0.905. The minimum Gasteiger partial charge on any atom is -0.343 e. The molecule has 2 aromatic rings. The maximum absolute atomic E-state index is 5.37. The molecule has 0 spiro atoms. The van der Waals surface area contributed by atoms with E-state index in [1.165, 1.54) is 0 Å². The largest absolute Gasteiger partial charge is 0.343 e. The number of hydrogen-bond donors (Lipinski definition) is 1. The Morgan fingerprint density at radius 3 is 3.19 bits per heavy atom. The smallest absolute Gasteiger partial charge is 0.156 e. The third-order valence-corrected chi connectivity index (χ3v) is 3.65. The third kappa shape index (κ3) is 1.32. The molecule has 0 bridgehead atoms. The maximum Gasteiger partial charge on any atom is 0.156 e. The predicted molar refractivity (Wildman–Crippen MR) is 71.9 cm³/mol. The first-order valence-electron chi connectivity index (χ1n) is 4.83. The minimum absolute atomic E-state index is 0.759.